The zero-order valence-corrected chi connectivity index (χ0v) is 10.8. The third-order valence-electron chi connectivity index (χ3n) is 3.22. The predicted molar refractivity (Wildman–Crippen MR) is 74.2 cm³/mol. The van der Waals surface area contributed by atoms with E-state index < -0.39 is 0 Å². The first kappa shape index (κ1) is 11.7. The van der Waals surface area contributed by atoms with Crippen molar-refractivity contribution in [3.63, 3.8) is 0 Å². The lowest BCUT2D eigenvalue weighted by Crippen LogP contribution is -2.28. The van der Waals surface area contributed by atoms with Crippen molar-refractivity contribution >= 4 is 28.3 Å². The molecule has 0 aliphatic carbocycles. The van der Waals surface area contributed by atoms with Crippen LogP contribution in [0.2, 0.25) is 5.02 Å². The molecule has 1 saturated heterocycles. The van der Waals surface area contributed by atoms with Crippen molar-refractivity contribution in [2.45, 2.75) is 6.42 Å². The highest BCUT2D eigenvalue weighted by molar-refractivity contribution is 6.31. The van der Waals surface area contributed by atoms with Crippen molar-refractivity contribution in [1.82, 2.24) is 15.3 Å². The van der Waals surface area contributed by atoms with Gasteiger partial charge in [-0.15, -0.1) is 0 Å². The van der Waals surface area contributed by atoms with E-state index in [4.69, 9.17) is 11.6 Å². The molecule has 2 aromatic rings. The van der Waals surface area contributed by atoms with Crippen LogP contribution in [0.15, 0.2) is 24.5 Å². The van der Waals surface area contributed by atoms with E-state index in [1.54, 1.807) is 6.33 Å². The summed E-state index contributed by atoms with van der Waals surface area (Å²) in [5.41, 5.74) is 0.907. The second-order valence-corrected chi connectivity index (χ2v) is 4.89. The number of hydrogen-bond acceptors (Lipinski definition) is 4. The SMILES string of the molecule is Clc1ccc2c(N3CCCNCC3)ncnc2c1. The molecule has 94 valence electrons. The monoisotopic (exact) mass is 262 g/mol. The average Bonchev–Trinajstić information content (AvgIpc) is 2.66. The van der Waals surface area contributed by atoms with Crippen molar-refractivity contribution in [2.75, 3.05) is 31.1 Å². The molecule has 0 unspecified atom stereocenters. The summed E-state index contributed by atoms with van der Waals surface area (Å²) >= 11 is 6.00. The molecule has 0 atom stereocenters. The smallest absolute Gasteiger partial charge is 0.139 e. The number of aromatic nitrogens is 2. The largest absolute Gasteiger partial charge is 0.355 e. The molecule has 2 heterocycles. The molecule has 0 bridgehead atoms. The molecule has 0 saturated carbocycles. The van der Waals surface area contributed by atoms with Crippen LogP contribution in [0, 0.1) is 0 Å². The lowest BCUT2D eigenvalue weighted by atomic mass is 10.2. The first-order valence-electron chi connectivity index (χ1n) is 6.20. The highest BCUT2D eigenvalue weighted by Gasteiger charge is 2.14. The van der Waals surface area contributed by atoms with Gasteiger partial charge in [-0.25, -0.2) is 9.97 Å². The molecule has 1 aliphatic heterocycles. The maximum Gasteiger partial charge on any atom is 0.139 e. The van der Waals surface area contributed by atoms with Gasteiger partial charge in [0.05, 0.1) is 5.52 Å². The van der Waals surface area contributed by atoms with Gasteiger partial charge in [0.2, 0.25) is 0 Å². The van der Waals surface area contributed by atoms with E-state index in [1.807, 2.05) is 18.2 Å². The minimum absolute atomic E-state index is 0.713. The van der Waals surface area contributed by atoms with Crippen molar-refractivity contribution in [3.8, 4) is 0 Å². The Bertz CT molecular complexity index is 550. The highest BCUT2D eigenvalue weighted by atomic mass is 35.5. The van der Waals surface area contributed by atoms with Crippen molar-refractivity contribution in [1.29, 1.82) is 0 Å². The number of anilines is 1. The summed E-state index contributed by atoms with van der Waals surface area (Å²) < 4.78 is 0. The number of nitrogens with one attached hydrogen (secondary N) is 1. The summed E-state index contributed by atoms with van der Waals surface area (Å²) in [5.74, 6) is 1.01. The number of halogens is 1. The van der Waals surface area contributed by atoms with Crippen LogP contribution in [0.25, 0.3) is 10.9 Å². The van der Waals surface area contributed by atoms with Crippen LogP contribution in [-0.2, 0) is 0 Å². The summed E-state index contributed by atoms with van der Waals surface area (Å²) in [5, 5.41) is 5.18. The molecule has 1 aromatic carbocycles. The Morgan fingerprint density at radius 2 is 2.11 bits per heavy atom. The lowest BCUT2D eigenvalue weighted by Gasteiger charge is -2.22. The van der Waals surface area contributed by atoms with E-state index in [0.717, 1.165) is 49.3 Å². The summed E-state index contributed by atoms with van der Waals surface area (Å²) in [4.78, 5) is 11.0. The molecule has 0 amide bonds. The van der Waals surface area contributed by atoms with Crippen LogP contribution >= 0.6 is 11.6 Å². The summed E-state index contributed by atoms with van der Waals surface area (Å²) in [7, 11) is 0. The molecule has 18 heavy (non-hydrogen) atoms. The molecule has 1 aliphatic rings. The topological polar surface area (TPSA) is 41.0 Å². The Kier molecular flexibility index (Phi) is 3.30. The second kappa shape index (κ2) is 5.08. The van der Waals surface area contributed by atoms with Crippen LogP contribution in [0.5, 0.6) is 0 Å². The number of hydrogen-bond donors (Lipinski definition) is 1. The van der Waals surface area contributed by atoms with Gasteiger partial charge >= 0.3 is 0 Å². The first-order chi connectivity index (χ1) is 8.84. The van der Waals surface area contributed by atoms with Gasteiger partial charge in [-0.1, -0.05) is 11.6 Å². The van der Waals surface area contributed by atoms with Crippen LogP contribution in [-0.4, -0.2) is 36.1 Å². The van der Waals surface area contributed by atoms with Gasteiger partial charge in [-0.05, 0) is 31.2 Å². The van der Waals surface area contributed by atoms with Crippen molar-refractivity contribution in [3.05, 3.63) is 29.5 Å². The first-order valence-corrected chi connectivity index (χ1v) is 6.58. The van der Waals surface area contributed by atoms with Crippen molar-refractivity contribution < 1.29 is 0 Å². The molecule has 1 fully saturated rings. The summed E-state index contributed by atoms with van der Waals surface area (Å²) in [6.07, 6.45) is 2.76. The zero-order chi connectivity index (χ0) is 12.4. The second-order valence-electron chi connectivity index (χ2n) is 4.45. The summed E-state index contributed by atoms with van der Waals surface area (Å²) in [6.45, 7) is 4.08. The zero-order valence-electron chi connectivity index (χ0n) is 10.1. The lowest BCUT2D eigenvalue weighted by molar-refractivity contribution is 0.724. The highest BCUT2D eigenvalue weighted by Crippen LogP contribution is 2.25. The Morgan fingerprint density at radius 3 is 3.06 bits per heavy atom. The fourth-order valence-corrected chi connectivity index (χ4v) is 2.49. The van der Waals surface area contributed by atoms with Gasteiger partial charge in [-0.2, -0.15) is 0 Å². The van der Waals surface area contributed by atoms with Gasteiger partial charge in [0.1, 0.15) is 12.1 Å². The van der Waals surface area contributed by atoms with Crippen LogP contribution in [0.1, 0.15) is 6.42 Å². The Hall–Kier alpha value is -1.39. The minimum atomic E-state index is 0.713. The summed E-state index contributed by atoms with van der Waals surface area (Å²) in [6, 6.07) is 5.79. The average molecular weight is 263 g/mol. The molecular formula is C13H15ClN4. The van der Waals surface area contributed by atoms with Crippen LogP contribution in [0.3, 0.4) is 0 Å². The van der Waals surface area contributed by atoms with E-state index in [9.17, 15) is 0 Å². The van der Waals surface area contributed by atoms with Gasteiger partial charge in [0.25, 0.3) is 0 Å². The van der Waals surface area contributed by atoms with E-state index in [1.165, 1.54) is 0 Å². The number of rotatable bonds is 1. The molecule has 3 rings (SSSR count). The quantitative estimate of drug-likeness (QED) is 0.854. The van der Waals surface area contributed by atoms with E-state index in [-0.39, 0.29) is 0 Å². The molecular weight excluding hydrogens is 248 g/mol. The molecule has 5 heteroatoms. The maximum atomic E-state index is 6.00. The van der Waals surface area contributed by atoms with E-state index >= 15 is 0 Å². The molecule has 4 nitrogen and oxygen atoms in total. The maximum absolute atomic E-state index is 6.00. The molecule has 1 aromatic heterocycles. The van der Waals surface area contributed by atoms with Gasteiger partial charge < -0.3 is 10.2 Å². The number of fused-ring (bicyclic) bond motifs is 1. The Morgan fingerprint density at radius 1 is 1.17 bits per heavy atom. The molecule has 0 spiro atoms. The van der Waals surface area contributed by atoms with Crippen molar-refractivity contribution in [2.24, 2.45) is 0 Å². The number of benzene rings is 1. The third-order valence-corrected chi connectivity index (χ3v) is 3.45. The normalized spacial score (nSPS) is 16.8. The number of nitrogens with zero attached hydrogens (tertiary/aromatic N) is 3. The van der Waals surface area contributed by atoms with Gasteiger partial charge in [-0.3, -0.25) is 0 Å². The standard InChI is InChI=1S/C13H15ClN4/c14-10-2-3-11-12(8-10)16-9-17-13(11)18-6-1-4-15-5-7-18/h2-3,8-9,15H,1,4-7H2. The fourth-order valence-electron chi connectivity index (χ4n) is 2.33. The Labute approximate surface area is 111 Å². The third kappa shape index (κ3) is 2.26. The van der Waals surface area contributed by atoms with Crippen LogP contribution < -0.4 is 10.2 Å². The predicted octanol–water partition coefficient (Wildman–Crippen LogP) is 2.08. The van der Waals surface area contributed by atoms with Crippen LogP contribution in [0.4, 0.5) is 5.82 Å². The minimum Gasteiger partial charge on any atom is -0.355 e. The van der Waals surface area contributed by atoms with E-state index in [2.05, 4.69) is 20.2 Å². The molecule has 1 N–H and O–H groups in total. The van der Waals surface area contributed by atoms with E-state index in [0.29, 0.717) is 5.02 Å². The van der Waals surface area contributed by atoms with Gasteiger partial charge in [0, 0.05) is 30.0 Å². The Balaban J connectivity index is 2.04. The van der Waals surface area contributed by atoms with Gasteiger partial charge in [0.15, 0.2) is 0 Å². The molecule has 0 radical (unpaired) electrons. The fraction of sp³-hybridized carbons (Fsp3) is 0.385.